The van der Waals surface area contributed by atoms with Gasteiger partial charge in [0, 0.05) is 16.7 Å². The van der Waals surface area contributed by atoms with Crippen molar-refractivity contribution in [2.24, 2.45) is 0 Å². The van der Waals surface area contributed by atoms with E-state index >= 15 is 0 Å². The zero-order valence-electron chi connectivity index (χ0n) is 11.3. The molecule has 0 spiro atoms. The molecule has 0 fully saturated rings. The highest BCUT2D eigenvalue weighted by Gasteiger charge is 2.17. The minimum absolute atomic E-state index is 0.0931. The molecule has 2 rings (SSSR count). The third-order valence-corrected chi connectivity index (χ3v) is 3.10. The highest BCUT2D eigenvalue weighted by Crippen LogP contribution is 2.21. The molecule has 0 N–H and O–H groups in total. The second-order valence-corrected chi connectivity index (χ2v) is 4.75. The number of halogens is 1. The number of ketones is 1. The number of hydrogen-bond acceptors (Lipinski definition) is 3. The molecule has 4 heteroatoms. The lowest BCUT2D eigenvalue weighted by Crippen LogP contribution is -2.23. The quantitative estimate of drug-likeness (QED) is 0.781. The van der Waals surface area contributed by atoms with Crippen LogP contribution < -0.4 is 9.47 Å². The summed E-state index contributed by atoms with van der Waals surface area (Å²) in [5.41, 5.74) is 0.574. The number of methoxy groups -OCH3 is 1. The Morgan fingerprint density at radius 3 is 2.40 bits per heavy atom. The van der Waals surface area contributed by atoms with Gasteiger partial charge in [-0.3, -0.25) is 4.79 Å². The molecule has 104 valence electrons. The third kappa shape index (κ3) is 3.52. The van der Waals surface area contributed by atoms with Crippen LogP contribution in [0.15, 0.2) is 48.5 Å². The first-order valence-corrected chi connectivity index (χ1v) is 6.58. The molecule has 0 bridgehead atoms. The first-order chi connectivity index (χ1) is 9.60. The zero-order chi connectivity index (χ0) is 14.5. The summed E-state index contributed by atoms with van der Waals surface area (Å²) < 4.78 is 10.8. The number of carbonyl (C=O) groups is 1. The number of carbonyl (C=O) groups excluding carboxylic acids is 1. The van der Waals surface area contributed by atoms with E-state index in [9.17, 15) is 4.79 Å². The van der Waals surface area contributed by atoms with Crippen molar-refractivity contribution < 1.29 is 14.3 Å². The predicted octanol–water partition coefficient (Wildman–Crippen LogP) is 4.00. The van der Waals surface area contributed by atoms with Gasteiger partial charge < -0.3 is 9.47 Å². The summed E-state index contributed by atoms with van der Waals surface area (Å²) >= 11 is 5.80. The Balaban J connectivity index is 2.09. The van der Waals surface area contributed by atoms with Gasteiger partial charge in [-0.05, 0) is 43.3 Å². The summed E-state index contributed by atoms with van der Waals surface area (Å²) in [6.45, 7) is 1.72. The predicted molar refractivity (Wildman–Crippen MR) is 78.9 cm³/mol. The van der Waals surface area contributed by atoms with Crippen LogP contribution in [0.5, 0.6) is 11.5 Å². The molecular weight excluding hydrogens is 276 g/mol. The van der Waals surface area contributed by atoms with E-state index in [1.807, 2.05) is 12.1 Å². The summed E-state index contributed by atoms with van der Waals surface area (Å²) in [4.78, 5) is 12.2. The molecule has 3 nitrogen and oxygen atoms in total. The van der Waals surface area contributed by atoms with Crippen molar-refractivity contribution in [1.29, 1.82) is 0 Å². The van der Waals surface area contributed by atoms with Crippen LogP contribution in [0, 0.1) is 0 Å². The molecule has 0 saturated carbocycles. The molecular formula is C16H15ClO3. The summed E-state index contributed by atoms with van der Waals surface area (Å²) in [7, 11) is 1.58. The average Bonchev–Trinajstić information content (AvgIpc) is 2.47. The Morgan fingerprint density at radius 1 is 1.10 bits per heavy atom. The first kappa shape index (κ1) is 14.4. The minimum Gasteiger partial charge on any atom is -0.497 e. The Kier molecular flexibility index (Phi) is 4.64. The van der Waals surface area contributed by atoms with Crippen LogP contribution >= 0.6 is 11.6 Å². The molecule has 0 saturated heterocycles. The topological polar surface area (TPSA) is 35.5 Å². The molecule has 0 radical (unpaired) electrons. The van der Waals surface area contributed by atoms with Crippen LogP contribution in [0.25, 0.3) is 0 Å². The summed E-state index contributed by atoms with van der Waals surface area (Å²) in [5.74, 6) is 1.19. The van der Waals surface area contributed by atoms with Gasteiger partial charge in [0.15, 0.2) is 6.10 Å². The zero-order valence-corrected chi connectivity index (χ0v) is 12.1. The van der Waals surface area contributed by atoms with Crippen LogP contribution in [0.2, 0.25) is 5.02 Å². The molecule has 1 atom stereocenters. The SMILES string of the molecule is COc1cccc(OC(C)C(=O)c2ccc(Cl)cc2)c1. The number of Topliss-reactive ketones (excluding diaryl/α,β-unsaturated/α-hetero) is 1. The molecule has 0 amide bonds. The van der Waals surface area contributed by atoms with Crippen molar-refractivity contribution in [3.8, 4) is 11.5 Å². The van der Waals surface area contributed by atoms with E-state index in [0.29, 0.717) is 22.1 Å². The van der Waals surface area contributed by atoms with E-state index in [4.69, 9.17) is 21.1 Å². The Hall–Kier alpha value is -2.00. The fraction of sp³-hybridized carbons (Fsp3) is 0.188. The van der Waals surface area contributed by atoms with E-state index in [1.165, 1.54) is 0 Å². The van der Waals surface area contributed by atoms with E-state index in [0.717, 1.165) is 0 Å². The van der Waals surface area contributed by atoms with Crippen molar-refractivity contribution in [2.45, 2.75) is 13.0 Å². The monoisotopic (exact) mass is 290 g/mol. The fourth-order valence-corrected chi connectivity index (χ4v) is 1.91. The average molecular weight is 291 g/mol. The molecule has 2 aromatic rings. The van der Waals surface area contributed by atoms with Gasteiger partial charge in [-0.25, -0.2) is 0 Å². The second kappa shape index (κ2) is 6.44. The highest BCUT2D eigenvalue weighted by atomic mass is 35.5. The lowest BCUT2D eigenvalue weighted by Gasteiger charge is -2.14. The number of benzene rings is 2. The number of ether oxygens (including phenoxy) is 2. The highest BCUT2D eigenvalue weighted by molar-refractivity contribution is 6.30. The molecule has 0 aliphatic rings. The van der Waals surface area contributed by atoms with Gasteiger partial charge in [0.05, 0.1) is 7.11 Å². The minimum atomic E-state index is -0.580. The maximum atomic E-state index is 12.2. The van der Waals surface area contributed by atoms with Gasteiger partial charge >= 0.3 is 0 Å². The number of hydrogen-bond donors (Lipinski definition) is 0. The van der Waals surface area contributed by atoms with E-state index in [1.54, 1.807) is 50.4 Å². The van der Waals surface area contributed by atoms with Gasteiger partial charge in [-0.15, -0.1) is 0 Å². The van der Waals surface area contributed by atoms with Gasteiger partial charge in [-0.1, -0.05) is 17.7 Å². The van der Waals surface area contributed by atoms with Gasteiger partial charge in [0.1, 0.15) is 11.5 Å². The lowest BCUT2D eigenvalue weighted by atomic mass is 10.1. The first-order valence-electron chi connectivity index (χ1n) is 6.20. The molecule has 0 aliphatic heterocycles. The smallest absolute Gasteiger partial charge is 0.202 e. The Morgan fingerprint density at radius 2 is 1.75 bits per heavy atom. The van der Waals surface area contributed by atoms with Crippen LogP contribution in [0.4, 0.5) is 0 Å². The normalized spacial score (nSPS) is 11.8. The van der Waals surface area contributed by atoms with Crippen LogP contribution in [0.3, 0.4) is 0 Å². The van der Waals surface area contributed by atoms with E-state index in [2.05, 4.69) is 0 Å². The molecule has 2 aromatic carbocycles. The van der Waals surface area contributed by atoms with Crippen molar-refractivity contribution >= 4 is 17.4 Å². The maximum Gasteiger partial charge on any atom is 0.202 e. The third-order valence-electron chi connectivity index (χ3n) is 2.85. The van der Waals surface area contributed by atoms with Crippen molar-refractivity contribution in [1.82, 2.24) is 0 Å². The van der Waals surface area contributed by atoms with Gasteiger partial charge in [0.25, 0.3) is 0 Å². The summed E-state index contributed by atoms with van der Waals surface area (Å²) in [5, 5.41) is 0.600. The standard InChI is InChI=1S/C16H15ClO3/c1-11(16(18)12-6-8-13(17)9-7-12)20-15-5-3-4-14(10-15)19-2/h3-11H,1-2H3. The Bertz CT molecular complexity index is 593. The number of rotatable bonds is 5. The summed E-state index contributed by atoms with van der Waals surface area (Å²) in [6.07, 6.45) is -0.580. The Labute approximate surface area is 123 Å². The lowest BCUT2D eigenvalue weighted by molar-refractivity contribution is 0.0817. The van der Waals surface area contributed by atoms with Gasteiger partial charge in [0.2, 0.25) is 5.78 Å². The molecule has 0 aliphatic carbocycles. The second-order valence-electron chi connectivity index (χ2n) is 4.31. The van der Waals surface area contributed by atoms with Gasteiger partial charge in [-0.2, -0.15) is 0 Å². The largest absolute Gasteiger partial charge is 0.497 e. The summed E-state index contributed by atoms with van der Waals surface area (Å²) in [6, 6.07) is 13.9. The molecule has 1 unspecified atom stereocenters. The van der Waals surface area contributed by atoms with Crippen molar-refractivity contribution in [3.63, 3.8) is 0 Å². The van der Waals surface area contributed by atoms with Crippen LogP contribution in [-0.2, 0) is 0 Å². The fourth-order valence-electron chi connectivity index (χ4n) is 1.78. The van der Waals surface area contributed by atoms with Crippen LogP contribution in [-0.4, -0.2) is 19.0 Å². The van der Waals surface area contributed by atoms with Crippen molar-refractivity contribution in [2.75, 3.05) is 7.11 Å². The van der Waals surface area contributed by atoms with Crippen LogP contribution in [0.1, 0.15) is 17.3 Å². The van der Waals surface area contributed by atoms with E-state index < -0.39 is 6.10 Å². The molecule has 0 heterocycles. The van der Waals surface area contributed by atoms with E-state index in [-0.39, 0.29) is 5.78 Å². The maximum absolute atomic E-state index is 12.2. The molecule has 20 heavy (non-hydrogen) atoms. The molecule has 0 aromatic heterocycles. The van der Waals surface area contributed by atoms with Crippen molar-refractivity contribution in [3.05, 3.63) is 59.1 Å².